The summed E-state index contributed by atoms with van der Waals surface area (Å²) in [5.74, 6) is 0.393. The number of nitrogens with zero attached hydrogens (tertiary/aromatic N) is 3. The van der Waals surface area contributed by atoms with Crippen molar-refractivity contribution >= 4 is 20.9 Å². The number of sulfone groups is 1. The molecule has 8 heteroatoms. The van der Waals surface area contributed by atoms with Gasteiger partial charge in [0, 0.05) is 6.20 Å². The Balaban J connectivity index is 1.69. The van der Waals surface area contributed by atoms with Gasteiger partial charge in [-0.1, -0.05) is 6.92 Å². The molecule has 0 spiro atoms. The number of aromatic amines is 1. The lowest BCUT2D eigenvalue weighted by molar-refractivity contribution is 0.595. The van der Waals surface area contributed by atoms with E-state index < -0.39 is 9.84 Å². The number of benzene rings is 2. The molecule has 0 atom stereocenters. The van der Waals surface area contributed by atoms with Crippen molar-refractivity contribution in [3.05, 3.63) is 60.7 Å². The van der Waals surface area contributed by atoms with Crippen LogP contribution in [-0.2, 0) is 9.84 Å². The molecular weight excluding hydrogens is 367 g/mol. The summed E-state index contributed by atoms with van der Waals surface area (Å²) >= 11 is 0. The van der Waals surface area contributed by atoms with E-state index in [0.29, 0.717) is 23.3 Å². The van der Waals surface area contributed by atoms with Crippen molar-refractivity contribution < 1.29 is 12.8 Å². The predicted molar refractivity (Wildman–Crippen MR) is 101 cm³/mol. The molecule has 2 heterocycles. The summed E-state index contributed by atoms with van der Waals surface area (Å²) in [6.45, 7) is 1.84. The Bertz CT molecular complexity index is 1210. The summed E-state index contributed by atoms with van der Waals surface area (Å²) in [6.07, 6.45) is 3.99. The molecule has 0 amide bonds. The highest BCUT2D eigenvalue weighted by atomic mass is 32.2. The third kappa shape index (κ3) is 3.35. The van der Waals surface area contributed by atoms with Crippen LogP contribution >= 0.6 is 0 Å². The van der Waals surface area contributed by atoms with Gasteiger partial charge < -0.3 is 4.98 Å². The molecule has 6 nitrogen and oxygen atoms in total. The number of hydrogen-bond donors (Lipinski definition) is 1. The molecule has 2 aromatic heterocycles. The zero-order valence-corrected chi connectivity index (χ0v) is 15.4. The minimum absolute atomic E-state index is 0.115. The van der Waals surface area contributed by atoms with Crippen molar-refractivity contribution in [2.24, 2.45) is 0 Å². The van der Waals surface area contributed by atoms with Crippen LogP contribution in [0.1, 0.15) is 13.3 Å². The van der Waals surface area contributed by atoms with Crippen LogP contribution in [0.5, 0.6) is 0 Å². The molecule has 2 aromatic carbocycles. The summed E-state index contributed by atoms with van der Waals surface area (Å²) in [4.78, 5) is 7.95. The molecule has 0 bridgehead atoms. The molecule has 0 saturated heterocycles. The summed E-state index contributed by atoms with van der Waals surface area (Å²) < 4.78 is 39.2. The van der Waals surface area contributed by atoms with Gasteiger partial charge in [-0.15, -0.1) is 0 Å². The van der Waals surface area contributed by atoms with Crippen molar-refractivity contribution in [3.63, 3.8) is 0 Å². The number of rotatable bonds is 5. The predicted octanol–water partition coefficient (Wildman–Crippen LogP) is 3.74. The van der Waals surface area contributed by atoms with Crippen LogP contribution in [-0.4, -0.2) is 33.9 Å². The Hall–Kier alpha value is -3.00. The lowest BCUT2D eigenvalue weighted by atomic mass is 10.3. The number of imidazole rings is 1. The second-order valence-corrected chi connectivity index (χ2v) is 8.34. The maximum Gasteiger partial charge on any atom is 0.178 e. The van der Waals surface area contributed by atoms with E-state index in [1.54, 1.807) is 47.4 Å². The first-order chi connectivity index (χ1) is 13.0. The average Bonchev–Trinajstić information content (AvgIpc) is 3.28. The number of fused-ring (bicyclic) bond motifs is 1. The summed E-state index contributed by atoms with van der Waals surface area (Å²) in [6, 6.07) is 10.9. The van der Waals surface area contributed by atoms with Gasteiger partial charge in [0.25, 0.3) is 0 Å². The van der Waals surface area contributed by atoms with Gasteiger partial charge in [0.15, 0.2) is 9.84 Å². The van der Waals surface area contributed by atoms with E-state index in [2.05, 4.69) is 15.1 Å². The fourth-order valence-corrected chi connectivity index (χ4v) is 4.23. The van der Waals surface area contributed by atoms with E-state index in [9.17, 15) is 12.8 Å². The maximum absolute atomic E-state index is 13.1. The second-order valence-electron chi connectivity index (χ2n) is 6.23. The zero-order valence-electron chi connectivity index (χ0n) is 14.6. The van der Waals surface area contributed by atoms with E-state index in [0.717, 1.165) is 11.3 Å². The molecule has 0 saturated carbocycles. The van der Waals surface area contributed by atoms with Crippen molar-refractivity contribution in [1.29, 1.82) is 0 Å². The monoisotopic (exact) mass is 384 g/mol. The molecular formula is C19H17FN4O2S. The number of halogens is 1. The molecule has 0 radical (unpaired) electrons. The Morgan fingerprint density at radius 1 is 1.15 bits per heavy atom. The molecule has 138 valence electrons. The highest BCUT2D eigenvalue weighted by Gasteiger charge is 2.15. The van der Waals surface area contributed by atoms with Gasteiger partial charge in [-0.3, -0.25) is 0 Å². The van der Waals surface area contributed by atoms with Crippen molar-refractivity contribution in [1.82, 2.24) is 19.7 Å². The van der Waals surface area contributed by atoms with Gasteiger partial charge in [0.1, 0.15) is 11.6 Å². The third-order valence-electron chi connectivity index (χ3n) is 4.23. The van der Waals surface area contributed by atoms with E-state index >= 15 is 0 Å². The summed E-state index contributed by atoms with van der Waals surface area (Å²) in [7, 11) is -3.29. The largest absolute Gasteiger partial charge is 0.338 e. The van der Waals surface area contributed by atoms with Crippen LogP contribution in [0, 0.1) is 5.82 Å². The molecule has 0 aliphatic heterocycles. The lowest BCUT2D eigenvalue weighted by Gasteiger charge is -2.01. The minimum Gasteiger partial charge on any atom is -0.338 e. The topological polar surface area (TPSA) is 80.6 Å². The Labute approximate surface area is 155 Å². The molecule has 1 N–H and O–H groups in total. The third-order valence-corrected chi connectivity index (χ3v) is 6.15. The van der Waals surface area contributed by atoms with Crippen LogP contribution in [0.3, 0.4) is 0 Å². The molecule has 0 aliphatic rings. The van der Waals surface area contributed by atoms with Crippen LogP contribution in [0.15, 0.2) is 59.8 Å². The fourth-order valence-electron chi connectivity index (χ4n) is 2.89. The highest BCUT2D eigenvalue weighted by molar-refractivity contribution is 7.91. The number of hydrogen-bond acceptors (Lipinski definition) is 4. The van der Waals surface area contributed by atoms with Crippen molar-refractivity contribution in [2.75, 3.05) is 5.75 Å². The first kappa shape index (κ1) is 17.4. The summed E-state index contributed by atoms with van der Waals surface area (Å²) in [5.41, 5.74) is 2.80. The smallest absolute Gasteiger partial charge is 0.178 e. The SMILES string of the molecule is CCCS(=O)(=O)c1ccc2nc(-c3cnn(-c4ccc(F)cc4)c3)[nH]c2c1. The molecule has 0 fully saturated rings. The Morgan fingerprint density at radius 2 is 1.93 bits per heavy atom. The van der Waals surface area contributed by atoms with E-state index in [1.165, 1.54) is 12.1 Å². The highest BCUT2D eigenvalue weighted by Crippen LogP contribution is 2.24. The quantitative estimate of drug-likeness (QED) is 0.568. The van der Waals surface area contributed by atoms with Crippen LogP contribution in [0.25, 0.3) is 28.1 Å². The number of H-pyrrole nitrogens is 1. The molecule has 27 heavy (non-hydrogen) atoms. The van der Waals surface area contributed by atoms with Gasteiger partial charge in [-0.2, -0.15) is 5.10 Å². The maximum atomic E-state index is 13.1. The standard InChI is InChI=1S/C19H17FN4O2S/c1-2-9-27(25,26)16-7-8-17-18(10-16)23-19(22-17)13-11-21-24(12-13)15-5-3-14(20)4-6-15/h3-8,10-12H,2,9H2,1H3,(H,22,23). The first-order valence-electron chi connectivity index (χ1n) is 8.50. The molecule has 0 aliphatic carbocycles. The number of nitrogens with one attached hydrogen (secondary N) is 1. The lowest BCUT2D eigenvalue weighted by Crippen LogP contribution is -2.05. The van der Waals surface area contributed by atoms with Crippen molar-refractivity contribution in [3.8, 4) is 17.1 Å². The van der Waals surface area contributed by atoms with E-state index in [1.807, 2.05) is 6.92 Å². The van der Waals surface area contributed by atoms with E-state index in [-0.39, 0.29) is 16.5 Å². The average molecular weight is 384 g/mol. The molecule has 4 rings (SSSR count). The minimum atomic E-state index is -3.29. The Morgan fingerprint density at radius 3 is 2.67 bits per heavy atom. The molecule has 4 aromatic rings. The first-order valence-corrected chi connectivity index (χ1v) is 10.1. The van der Waals surface area contributed by atoms with Crippen LogP contribution < -0.4 is 0 Å². The van der Waals surface area contributed by atoms with Crippen molar-refractivity contribution in [2.45, 2.75) is 18.2 Å². The van der Waals surface area contributed by atoms with Gasteiger partial charge in [-0.05, 0) is 48.9 Å². The summed E-state index contributed by atoms with van der Waals surface area (Å²) in [5, 5.41) is 4.28. The molecule has 0 unspecified atom stereocenters. The normalized spacial score (nSPS) is 11.9. The van der Waals surface area contributed by atoms with Crippen LogP contribution in [0.2, 0.25) is 0 Å². The fraction of sp³-hybridized carbons (Fsp3) is 0.158. The van der Waals surface area contributed by atoms with Gasteiger partial charge in [-0.25, -0.2) is 22.5 Å². The van der Waals surface area contributed by atoms with Gasteiger partial charge in [0.2, 0.25) is 0 Å². The van der Waals surface area contributed by atoms with Gasteiger partial charge in [0.05, 0.1) is 39.1 Å². The van der Waals surface area contributed by atoms with E-state index in [4.69, 9.17) is 0 Å². The Kier molecular flexibility index (Phi) is 4.27. The second kappa shape index (κ2) is 6.62. The van der Waals surface area contributed by atoms with Crippen LogP contribution in [0.4, 0.5) is 4.39 Å². The zero-order chi connectivity index (χ0) is 19.0. The van der Waals surface area contributed by atoms with Gasteiger partial charge >= 0.3 is 0 Å². The number of aromatic nitrogens is 4.